The van der Waals surface area contributed by atoms with Gasteiger partial charge in [-0.3, -0.25) is 19.2 Å². The third kappa shape index (κ3) is 11.5. The van der Waals surface area contributed by atoms with E-state index >= 15 is 0 Å². The molecule has 0 bridgehead atoms. The molecule has 13 nitrogen and oxygen atoms in total. The van der Waals surface area contributed by atoms with Gasteiger partial charge in [-0.15, -0.1) is 0 Å². The van der Waals surface area contributed by atoms with Gasteiger partial charge in [0.25, 0.3) is 5.91 Å². The summed E-state index contributed by atoms with van der Waals surface area (Å²) in [5, 5.41) is 8.59. The monoisotopic (exact) mass is 732 g/mol. The Hall–Kier alpha value is -3.52. The van der Waals surface area contributed by atoms with Crippen LogP contribution in [0.3, 0.4) is 0 Å². The van der Waals surface area contributed by atoms with Crippen molar-refractivity contribution in [3.05, 3.63) is 35.9 Å². The first-order chi connectivity index (χ1) is 23.5. The van der Waals surface area contributed by atoms with E-state index in [4.69, 9.17) is 5.73 Å². The number of primary amides is 1. The van der Waals surface area contributed by atoms with Gasteiger partial charge in [0.15, 0.2) is 0 Å². The lowest BCUT2D eigenvalue weighted by Crippen LogP contribution is -2.62. The Morgan fingerprint density at radius 2 is 1.53 bits per heavy atom. The zero-order valence-corrected chi connectivity index (χ0v) is 32.6. The number of carbonyl (C=O) groups is 5. The van der Waals surface area contributed by atoms with Crippen LogP contribution in [0.25, 0.3) is 0 Å². The average Bonchev–Trinajstić information content (AvgIpc) is 3.44. The largest absolute Gasteiger partial charge is 0.363 e. The second-order valence-electron chi connectivity index (χ2n) is 16.9. The number of Topliss-reactive ketones (excluding diaryl/α,β-unsaturated/α-hetero) is 1. The fraction of sp³-hybridized carbons (Fsp3) is 0.703. The van der Waals surface area contributed by atoms with Crippen molar-refractivity contribution >= 4 is 39.6 Å². The van der Waals surface area contributed by atoms with Crippen LogP contribution in [0.15, 0.2) is 30.3 Å². The van der Waals surface area contributed by atoms with Crippen LogP contribution in [0.1, 0.15) is 93.1 Å². The second kappa shape index (κ2) is 16.9. The molecule has 1 heterocycles. The van der Waals surface area contributed by atoms with E-state index in [2.05, 4.69) is 16.0 Å². The quantitative estimate of drug-likeness (QED) is 0.199. The molecule has 5 amide bonds. The van der Waals surface area contributed by atoms with Crippen molar-refractivity contribution in [1.29, 1.82) is 0 Å². The summed E-state index contributed by atoms with van der Waals surface area (Å²) in [6, 6.07) is 4.83. The van der Waals surface area contributed by atoms with Crippen LogP contribution in [-0.4, -0.2) is 90.7 Å². The summed E-state index contributed by atoms with van der Waals surface area (Å²) in [6.45, 7) is 15.5. The van der Waals surface area contributed by atoms with Crippen LogP contribution < -0.4 is 21.7 Å². The highest BCUT2D eigenvalue weighted by Crippen LogP contribution is 2.35. The normalized spacial score (nSPS) is 20.3. The van der Waals surface area contributed by atoms with Gasteiger partial charge in [0.05, 0.1) is 12.3 Å². The van der Waals surface area contributed by atoms with Gasteiger partial charge < -0.3 is 26.6 Å². The predicted molar refractivity (Wildman–Crippen MR) is 196 cm³/mol. The number of likely N-dealkylation sites (tertiary alicyclic amines) is 1. The minimum Gasteiger partial charge on any atom is -0.363 e. The Bertz CT molecular complexity index is 1520. The lowest BCUT2D eigenvalue weighted by atomic mass is 9.80. The molecule has 1 saturated carbocycles. The molecule has 1 saturated heterocycles. The number of nitrogens with one attached hydrogen (secondary N) is 3. The van der Waals surface area contributed by atoms with Crippen LogP contribution in [0.4, 0.5) is 4.79 Å². The maximum atomic E-state index is 14.4. The predicted octanol–water partition coefficient (Wildman–Crippen LogP) is 3.18. The molecule has 1 aliphatic carbocycles. The van der Waals surface area contributed by atoms with Crippen LogP contribution in [0.2, 0.25) is 0 Å². The van der Waals surface area contributed by atoms with E-state index in [9.17, 15) is 32.4 Å². The van der Waals surface area contributed by atoms with Gasteiger partial charge in [0, 0.05) is 25.7 Å². The topological polar surface area (TPSA) is 188 Å². The van der Waals surface area contributed by atoms with E-state index in [0.717, 1.165) is 31.1 Å². The third-order valence-corrected chi connectivity index (χ3v) is 11.5. The average molecular weight is 733 g/mol. The summed E-state index contributed by atoms with van der Waals surface area (Å²) < 4.78 is 27.1. The van der Waals surface area contributed by atoms with E-state index in [1.165, 1.54) is 9.21 Å². The molecule has 5 N–H and O–H groups in total. The molecule has 0 spiro atoms. The molecule has 1 aliphatic heterocycles. The number of rotatable bonds is 15. The van der Waals surface area contributed by atoms with Gasteiger partial charge >= 0.3 is 6.03 Å². The highest BCUT2D eigenvalue weighted by atomic mass is 32.2. The molecule has 1 aromatic rings. The minimum atomic E-state index is -3.66. The van der Waals surface area contributed by atoms with Crippen molar-refractivity contribution in [2.24, 2.45) is 34.3 Å². The number of amides is 5. The lowest BCUT2D eigenvalue weighted by molar-refractivity contribution is -0.144. The highest BCUT2D eigenvalue weighted by molar-refractivity contribution is 7.88. The number of hydrogen-bond acceptors (Lipinski definition) is 7. The fourth-order valence-corrected chi connectivity index (χ4v) is 7.61. The number of urea groups is 1. The van der Waals surface area contributed by atoms with Crippen LogP contribution in [0, 0.1) is 28.6 Å². The van der Waals surface area contributed by atoms with Crippen molar-refractivity contribution in [3.63, 3.8) is 0 Å². The molecule has 3 rings (SSSR count). The zero-order chi connectivity index (χ0) is 38.5. The molecule has 0 radical (unpaired) electrons. The van der Waals surface area contributed by atoms with Crippen LogP contribution in [-0.2, 0) is 35.7 Å². The minimum absolute atomic E-state index is 0.00470. The van der Waals surface area contributed by atoms with E-state index in [1.807, 2.05) is 85.7 Å². The van der Waals surface area contributed by atoms with Crippen LogP contribution in [0.5, 0.6) is 0 Å². The molecule has 2 aliphatic rings. The van der Waals surface area contributed by atoms with E-state index in [1.54, 1.807) is 0 Å². The molecule has 0 aromatic heterocycles. The van der Waals surface area contributed by atoms with Gasteiger partial charge in [-0.25, -0.2) is 13.2 Å². The number of carbonyl (C=O) groups excluding carboxylic acids is 5. The molecule has 2 fully saturated rings. The number of nitrogens with two attached hydrogens (primary N) is 1. The Morgan fingerprint density at radius 1 is 0.922 bits per heavy atom. The van der Waals surface area contributed by atoms with Gasteiger partial charge in [0.2, 0.25) is 27.6 Å². The standard InChI is InChI=1S/C37H60N6O7S/c1-23(2)26-18-19-43(29(26)33(46)39-27(30(44)32(38)45)20-24-16-13-17-24)34(47)31(37(6,7)8)41-35(48)40-28(36(3,4)5)22-42(51(9,49)50)21-25-14-11-10-12-15-25/h10-12,14-15,23-24,26-29,31H,13,16-22H2,1-9H3,(H2,38,45)(H,39,46)(H2,40,41,48)/t26-,27?,28-,29+,31-/m1/s1. The first kappa shape index (κ1) is 41.9. The Labute approximate surface area is 304 Å². The zero-order valence-electron chi connectivity index (χ0n) is 31.8. The third-order valence-electron chi connectivity index (χ3n) is 10.3. The second-order valence-corrected chi connectivity index (χ2v) is 18.9. The first-order valence-corrected chi connectivity index (χ1v) is 19.9. The lowest BCUT2D eigenvalue weighted by Gasteiger charge is -2.39. The summed E-state index contributed by atoms with van der Waals surface area (Å²) in [5.74, 6) is -2.96. The molecule has 286 valence electrons. The van der Waals surface area contributed by atoms with Gasteiger partial charge in [-0.1, -0.05) is 105 Å². The van der Waals surface area contributed by atoms with Gasteiger partial charge in [-0.05, 0) is 47.0 Å². The number of hydrogen-bond donors (Lipinski definition) is 4. The van der Waals surface area contributed by atoms with Crippen LogP contribution >= 0.6 is 0 Å². The number of ketones is 1. The number of benzene rings is 1. The smallest absolute Gasteiger partial charge is 0.315 e. The van der Waals surface area contributed by atoms with E-state index < -0.39 is 74.6 Å². The summed E-state index contributed by atoms with van der Waals surface area (Å²) in [4.78, 5) is 68.3. The van der Waals surface area contributed by atoms with Crippen molar-refractivity contribution in [2.75, 3.05) is 19.3 Å². The molecule has 1 unspecified atom stereocenters. The maximum Gasteiger partial charge on any atom is 0.315 e. The summed E-state index contributed by atoms with van der Waals surface area (Å²) in [6.07, 6.45) is 4.80. The van der Waals surface area contributed by atoms with Crippen molar-refractivity contribution in [2.45, 2.75) is 118 Å². The van der Waals surface area contributed by atoms with E-state index in [0.29, 0.717) is 12.8 Å². The van der Waals surface area contributed by atoms with Crippen molar-refractivity contribution in [1.82, 2.24) is 25.2 Å². The van der Waals surface area contributed by atoms with Crippen molar-refractivity contribution in [3.8, 4) is 0 Å². The molecule has 1 aromatic carbocycles. The van der Waals surface area contributed by atoms with E-state index in [-0.39, 0.29) is 37.4 Å². The molecular formula is C37H60N6O7S. The Balaban J connectivity index is 1.85. The Kier molecular flexibility index (Phi) is 13.9. The highest BCUT2D eigenvalue weighted by Gasteiger charge is 2.48. The Morgan fingerprint density at radius 3 is 2.00 bits per heavy atom. The fourth-order valence-electron chi connectivity index (χ4n) is 6.81. The molecule has 5 atom stereocenters. The van der Waals surface area contributed by atoms with Crippen molar-refractivity contribution < 1.29 is 32.4 Å². The van der Waals surface area contributed by atoms with Gasteiger partial charge in [0.1, 0.15) is 12.1 Å². The molecular weight excluding hydrogens is 673 g/mol. The maximum absolute atomic E-state index is 14.4. The molecule has 51 heavy (non-hydrogen) atoms. The number of nitrogens with zero attached hydrogens (tertiary/aromatic N) is 2. The summed E-state index contributed by atoms with van der Waals surface area (Å²) in [5.41, 5.74) is 4.79. The summed E-state index contributed by atoms with van der Waals surface area (Å²) >= 11 is 0. The van der Waals surface area contributed by atoms with Gasteiger partial charge in [-0.2, -0.15) is 4.31 Å². The molecule has 14 heteroatoms. The summed E-state index contributed by atoms with van der Waals surface area (Å²) in [7, 11) is -3.66. The first-order valence-electron chi connectivity index (χ1n) is 18.0. The SMILES string of the molecule is CC(C)[C@H]1CCN(C(=O)[C@@H](NC(=O)N[C@H](CN(Cc2ccccc2)S(C)(=O)=O)C(C)(C)C)C(C)(C)C)[C@@H]1C(=O)NC(CC1CCC1)C(=O)C(N)=O. The number of sulfonamides is 1.